The second kappa shape index (κ2) is 5.03. The molecule has 1 heterocycles. The molecule has 0 aromatic heterocycles. The minimum Gasteiger partial charge on any atom is -0.465 e. The highest BCUT2D eigenvalue weighted by Crippen LogP contribution is 2.55. The van der Waals surface area contributed by atoms with Crippen molar-refractivity contribution in [1.82, 2.24) is 10.2 Å². The number of carboxylic acid groups (broad SMARTS) is 1. The molecule has 6 nitrogen and oxygen atoms in total. The predicted molar refractivity (Wildman–Crippen MR) is 78.5 cm³/mol. The zero-order chi connectivity index (χ0) is 17.3. The predicted octanol–water partition coefficient (Wildman–Crippen LogP) is 1.43. The van der Waals surface area contributed by atoms with Gasteiger partial charge in [-0.25, -0.2) is 13.6 Å². The van der Waals surface area contributed by atoms with Gasteiger partial charge in [0.1, 0.15) is 6.04 Å². The molecule has 24 heavy (non-hydrogen) atoms. The van der Waals surface area contributed by atoms with Gasteiger partial charge in [-0.2, -0.15) is 0 Å². The second-order valence-electron chi connectivity index (χ2n) is 8.22. The van der Waals surface area contributed by atoms with Crippen LogP contribution >= 0.6 is 0 Å². The van der Waals surface area contributed by atoms with E-state index in [4.69, 9.17) is 5.11 Å². The van der Waals surface area contributed by atoms with E-state index in [9.17, 15) is 23.5 Å². The van der Waals surface area contributed by atoms with Crippen LogP contribution in [0.1, 0.15) is 38.5 Å². The third kappa shape index (κ3) is 2.55. The first-order chi connectivity index (χ1) is 11.2. The smallest absolute Gasteiger partial charge is 0.408 e. The Kier molecular flexibility index (Phi) is 3.37. The third-order valence-electron chi connectivity index (χ3n) is 6.37. The van der Waals surface area contributed by atoms with Crippen LogP contribution in [0.4, 0.5) is 13.6 Å². The van der Waals surface area contributed by atoms with Gasteiger partial charge in [-0.1, -0.05) is 0 Å². The maximum absolute atomic E-state index is 13.6. The summed E-state index contributed by atoms with van der Waals surface area (Å²) in [7, 11) is 0. The van der Waals surface area contributed by atoms with Crippen molar-refractivity contribution in [3.8, 4) is 0 Å². The van der Waals surface area contributed by atoms with Gasteiger partial charge in [-0.3, -0.25) is 9.69 Å². The Morgan fingerprint density at radius 3 is 2.25 bits per heavy atom. The molecule has 0 aromatic carbocycles. The number of likely N-dealkylation sites (tertiary alicyclic amines) is 1. The van der Waals surface area contributed by atoms with Crippen molar-refractivity contribution in [2.24, 2.45) is 17.8 Å². The molecule has 134 valence electrons. The van der Waals surface area contributed by atoms with E-state index in [2.05, 4.69) is 5.32 Å². The monoisotopic (exact) mass is 344 g/mol. The van der Waals surface area contributed by atoms with E-state index in [1.165, 1.54) is 0 Å². The van der Waals surface area contributed by atoms with Crippen LogP contribution in [0, 0.1) is 17.8 Å². The van der Waals surface area contributed by atoms with Gasteiger partial charge in [0.15, 0.2) is 0 Å². The number of nitrogens with one attached hydrogen (secondary N) is 1. The van der Waals surface area contributed by atoms with Crippen LogP contribution in [0.5, 0.6) is 0 Å². The maximum atomic E-state index is 13.6. The van der Waals surface area contributed by atoms with Crippen LogP contribution in [0.2, 0.25) is 0 Å². The van der Waals surface area contributed by atoms with Crippen LogP contribution in [-0.4, -0.2) is 57.3 Å². The molecule has 3 N–H and O–H groups in total. The number of hydrogen-bond donors (Lipinski definition) is 3. The average molecular weight is 344 g/mol. The number of nitrogens with zero attached hydrogens (tertiary/aromatic N) is 1. The number of hydrogen-bond acceptors (Lipinski definition) is 3. The summed E-state index contributed by atoms with van der Waals surface area (Å²) in [4.78, 5) is 24.2. The SMILES string of the molecule is O=C(NC1C2CC3CC1CC(O)(C3)C2)[C@@H]1CC(F)(F)CN1C(=O)O. The summed E-state index contributed by atoms with van der Waals surface area (Å²) in [5, 5.41) is 22.5. The lowest BCUT2D eigenvalue weighted by Gasteiger charge is -2.58. The standard InChI is InChI=1S/C16H22F2N2O4/c17-16(18)6-11(20(7-16)14(22)23)13(21)19-12-9-1-8-2-10(12)5-15(24,3-8)4-9/h8-12,24H,1-7H2,(H,19,21)(H,22,23)/t8?,9?,10?,11-,12?,15?/m0/s1. The quantitative estimate of drug-likeness (QED) is 0.707. The molecule has 4 bridgehead atoms. The van der Waals surface area contributed by atoms with Gasteiger partial charge in [-0.15, -0.1) is 0 Å². The fourth-order valence-electron chi connectivity index (χ4n) is 5.73. The van der Waals surface area contributed by atoms with E-state index in [1.807, 2.05) is 0 Å². The van der Waals surface area contributed by atoms with Crippen molar-refractivity contribution in [3.05, 3.63) is 0 Å². The number of halogens is 2. The molecule has 1 aliphatic heterocycles. The van der Waals surface area contributed by atoms with Crippen molar-refractivity contribution < 1.29 is 28.6 Å². The Morgan fingerprint density at radius 1 is 1.08 bits per heavy atom. The molecular weight excluding hydrogens is 322 g/mol. The Morgan fingerprint density at radius 2 is 1.71 bits per heavy atom. The Hall–Kier alpha value is -1.44. The molecule has 3 atom stereocenters. The molecule has 4 saturated carbocycles. The minimum absolute atomic E-state index is 0.140. The Balaban J connectivity index is 1.48. The highest BCUT2D eigenvalue weighted by atomic mass is 19.3. The van der Waals surface area contributed by atoms with Crippen molar-refractivity contribution in [1.29, 1.82) is 0 Å². The number of carbonyl (C=O) groups is 2. The highest BCUT2D eigenvalue weighted by molar-refractivity contribution is 5.86. The maximum Gasteiger partial charge on any atom is 0.408 e. The molecule has 5 aliphatic rings. The van der Waals surface area contributed by atoms with Crippen LogP contribution < -0.4 is 5.32 Å². The molecule has 0 radical (unpaired) electrons. The third-order valence-corrected chi connectivity index (χ3v) is 6.37. The fraction of sp³-hybridized carbons (Fsp3) is 0.875. The van der Waals surface area contributed by atoms with Gasteiger partial charge in [0.2, 0.25) is 5.91 Å². The molecule has 5 rings (SSSR count). The van der Waals surface area contributed by atoms with Crippen LogP contribution in [0.15, 0.2) is 0 Å². The van der Waals surface area contributed by atoms with E-state index in [1.54, 1.807) is 0 Å². The lowest BCUT2D eigenvalue weighted by atomic mass is 9.52. The normalized spacial score (nSPS) is 45.5. The first-order valence-electron chi connectivity index (χ1n) is 8.56. The molecule has 8 heteroatoms. The van der Waals surface area contributed by atoms with E-state index >= 15 is 0 Å². The molecule has 2 amide bonds. The first-order valence-corrected chi connectivity index (χ1v) is 8.56. The number of amides is 2. The van der Waals surface area contributed by atoms with Gasteiger partial charge in [0.25, 0.3) is 5.92 Å². The second-order valence-corrected chi connectivity index (χ2v) is 8.22. The minimum atomic E-state index is -3.17. The van der Waals surface area contributed by atoms with E-state index in [0.717, 1.165) is 19.3 Å². The largest absolute Gasteiger partial charge is 0.465 e. The summed E-state index contributed by atoms with van der Waals surface area (Å²) in [6.45, 7) is -0.931. The van der Waals surface area contributed by atoms with Gasteiger partial charge in [0, 0.05) is 12.5 Å². The van der Waals surface area contributed by atoms with Gasteiger partial charge < -0.3 is 15.5 Å². The Bertz CT molecular complexity index is 568. The average Bonchev–Trinajstić information content (AvgIpc) is 2.77. The van der Waals surface area contributed by atoms with E-state index in [-0.39, 0.29) is 17.9 Å². The van der Waals surface area contributed by atoms with Crippen LogP contribution in [-0.2, 0) is 4.79 Å². The van der Waals surface area contributed by atoms with E-state index < -0.39 is 42.5 Å². The van der Waals surface area contributed by atoms with Gasteiger partial charge in [-0.05, 0) is 49.9 Å². The van der Waals surface area contributed by atoms with Crippen molar-refractivity contribution in [2.45, 2.75) is 62.1 Å². The summed E-state index contributed by atoms with van der Waals surface area (Å²) in [6.07, 6.45) is 1.71. The van der Waals surface area contributed by atoms with E-state index in [0.29, 0.717) is 23.7 Å². The first kappa shape index (κ1) is 16.1. The van der Waals surface area contributed by atoms with Crippen molar-refractivity contribution >= 4 is 12.0 Å². The summed E-state index contributed by atoms with van der Waals surface area (Å²) >= 11 is 0. The zero-order valence-corrected chi connectivity index (χ0v) is 13.3. The van der Waals surface area contributed by atoms with Crippen LogP contribution in [0.3, 0.4) is 0 Å². The topological polar surface area (TPSA) is 89.9 Å². The van der Waals surface area contributed by atoms with Crippen LogP contribution in [0.25, 0.3) is 0 Å². The molecule has 2 unspecified atom stereocenters. The fourth-order valence-corrected chi connectivity index (χ4v) is 5.73. The summed E-state index contributed by atoms with van der Waals surface area (Å²) in [5.74, 6) is -3.00. The van der Waals surface area contributed by atoms with Crippen molar-refractivity contribution in [2.75, 3.05) is 6.54 Å². The molecule has 0 aromatic rings. The number of rotatable bonds is 2. The molecule has 0 spiro atoms. The lowest BCUT2D eigenvalue weighted by molar-refractivity contribution is -0.148. The summed E-state index contributed by atoms with van der Waals surface area (Å²) in [6, 6.07) is -1.48. The van der Waals surface area contributed by atoms with Gasteiger partial charge in [0.05, 0.1) is 12.1 Å². The Labute approximate surface area is 138 Å². The molecule has 1 saturated heterocycles. The molecule has 5 fully saturated rings. The molecule has 4 aliphatic carbocycles. The number of alkyl halides is 2. The highest BCUT2D eigenvalue weighted by Gasteiger charge is 2.56. The lowest BCUT2D eigenvalue weighted by Crippen LogP contribution is -2.63. The summed E-state index contributed by atoms with van der Waals surface area (Å²) < 4.78 is 27.1. The summed E-state index contributed by atoms with van der Waals surface area (Å²) in [5.41, 5.74) is -0.634. The number of aliphatic hydroxyl groups is 1. The molecular formula is C16H22F2N2O4. The van der Waals surface area contributed by atoms with Crippen molar-refractivity contribution in [3.63, 3.8) is 0 Å². The van der Waals surface area contributed by atoms with Gasteiger partial charge >= 0.3 is 6.09 Å². The zero-order valence-electron chi connectivity index (χ0n) is 13.3. The number of carbonyl (C=O) groups excluding carboxylic acids is 1.